The lowest BCUT2D eigenvalue weighted by Gasteiger charge is -2.09. The molecule has 0 aliphatic rings. The zero-order valence-corrected chi connectivity index (χ0v) is 11.4. The van der Waals surface area contributed by atoms with Gasteiger partial charge in [0.05, 0.1) is 18.7 Å². The summed E-state index contributed by atoms with van der Waals surface area (Å²) in [5.41, 5.74) is 2.45. The molecule has 0 atom stereocenters. The van der Waals surface area contributed by atoms with Crippen LogP contribution in [-0.4, -0.2) is 18.2 Å². The number of aliphatic carboxylic acids is 1. The van der Waals surface area contributed by atoms with E-state index in [4.69, 9.17) is 15.1 Å². The fourth-order valence-electron chi connectivity index (χ4n) is 1.98. The molecular formula is C17H13NO3. The summed E-state index contributed by atoms with van der Waals surface area (Å²) in [5, 5.41) is 18.0. The van der Waals surface area contributed by atoms with Crippen molar-refractivity contribution in [3.05, 3.63) is 71.3 Å². The largest absolute Gasteiger partial charge is 0.497 e. The smallest absolute Gasteiger partial charge is 0.328 e. The Morgan fingerprint density at radius 3 is 2.48 bits per heavy atom. The summed E-state index contributed by atoms with van der Waals surface area (Å²) in [6.07, 6.45) is 1.14. The van der Waals surface area contributed by atoms with Crippen molar-refractivity contribution in [2.45, 2.75) is 0 Å². The molecule has 2 rings (SSSR count). The average Bonchev–Trinajstić information content (AvgIpc) is 2.52. The van der Waals surface area contributed by atoms with Gasteiger partial charge in [-0.25, -0.2) is 4.79 Å². The Labute approximate surface area is 122 Å². The highest BCUT2D eigenvalue weighted by atomic mass is 16.5. The first-order valence-corrected chi connectivity index (χ1v) is 6.23. The van der Waals surface area contributed by atoms with E-state index in [9.17, 15) is 4.79 Å². The van der Waals surface area contributed by atoms with Crippen LogP contribution >= 0.6 is 0 Å². The zero-order valence-electron chi connectivity index (χ0n) is 11.4. The van der Waals surface area contributed by atoms with Crippen molar-refractivity contribution >= 4 is 11.5 Å². The third kappa shape index (κ3) is 3.48. The molecule has 2 aromatic rings. The average molecular weight is 279 g/mol. The molecule has 0 heterocycles. The van der Waals surface area contributed by atoms with E-state index in [0.29, 0.717) is 22.4 Å². The van der Waals surface area contributed by atoms with Gasteiger partial charge >= 0.3 is 5.97 Å². The summed E-state index contributed by atoms with van der Waals surface area (Å²) in [7, 11) is 1.57. The Bertz CT molecular complexity index is 724. The van der Waals surface area contributed by atoms with Crippen LogP contribution in [0.25, 0.3) is 5.57 Å². The fourth-order valence-corrected chi connectivity index (χ4v) is 1.98. The maximum Gasteiger partial charge on any atom is 0.328 e. The van der Waals surface area contributed by atoms with Crippen molar-refractivity contribution in [2.75, 3.05) is 7.11 Å². The van der Waals surface area contributed by atoms with Crippen LogP contribution < -0.4 is 4.74 Å². The van der Waals surface area contributed by atoms with Crippen LogP contribution in [0, 0.1) is 11.3 Å². The highest BCUT2D eigenvalue weighted by Gasteiger charge is 2.08. The lowest BCUT2D eigenvalue weighted by atomic mass is 9.96. The second-order valence-corrected chi connectivity index (χ2v) is 4.32. The van der Waals surface area contributed by atoms with Gasteiger partial charge in [0.15, 0.2) is 0 Å². The number of carboxylic acid groups (broad SMARTS) is 1. The predicted octanol–water partition coefficient (Wildman–Crippen LogP) is 3.08. The van der Waals surface area contributed by atoms with Gasteiger partial charge in [-0.15, -0.1) is 0 Å². The zero-order chi connectivity index (χ0) is 15.2. The molecule has 0 radical (unpaired) electrons. The summed E-state index contributed by atoms with van der Waals surface area (Å²) < 4.78 is 5.09. The standard InChI is InChI=1S/C17H13NO3/c1-21-15-7-5-13(6-8-15)16(10-17(19)20)14-4-2-3-12(9-14)11-18/h2-10H,1H3,(H,19,20). The number of nitrogens with zero attached hydrogens (tertiary/aromatic N) is 1. The molecule has 0 saturated carbocycles. The monoisotopic (exact) mass is 279 g/mol. The van der Waals surface area contributed by atoms with E-state index in [0.717, 1.165) is 11.6 Å². The van der Waals surface area contributed by atoms with Crippen LogP contribution in [0.15, 0.2) is 54.6 Å². The van der Waals surface area contributed by atoms with E-state index in [1.807, 2.05) is 0 Å². The van der Waals surface area contributed by atoms with Gasteiger partial charge in [0.25, 0.3) is 0 Å². The number of benzene rings is 2. The molecule has 4 nitrogen and oxygen atoms in total. The second kappa shape index (κ2) is 6.40. The first-order valence-electron chi connectivity index (χ1n) is 6.23. The predicted molar refractivity (Wildman–Crippen MR) is 78.9 cm³/mol. The van der Waals surface area contributed by atoms with Crippen molar-refractivity contribution in [1.82, 2.24) is 0 Å². The minimum Gasteiger partial charge on any atom is -0.497 e. The van der Waals surface area contributed by atoms with E-state index in [1.54, 1.807) is 55.6 Å². The summed E-state index contributed by atoms with van der Waals surface area (Å²) >= 11 is 0. The summed E-state index contributed by atoms with van der Waals surface area (Å²) in [6, 6.07) is 16.0. The van der Waals surface area contributed by atoms with E-state index < -0.39 is 5.97 Å². The van der Waals surface area contributed by atoms with Gasteiger partial charge in [0.2, 0.25) is 0 Å². The van der Waals surface area contributed by atoms with Gasteiger partial charge in [0.1, 0.15) is 5.75 Å². The molecule has 104 valence electrons. The first kappa shape index (κ1) is 14.4. The minimum atomic E-state index is -1.04. The molecule has 0 aromatic heterocycles. The Hall–Kier alpha value is -3.06. The molecule has 1 N–H and O–H groups in total. The summed E-state index contributed by atoms with van der Waals surface area (Å²) in [4.78, 5) is 11.1. The van der Waals surface area contributed by atoms with E-state index >= 15 is 0 Å². The van der Waals surface area contributed by atoms with Gasteiger partial charge in [-0.3, -0.25) is 0 Å². The van der Waals surface area contributed by atoms with Crippen molar-refractivity contribution in [2.24, 2.45) is 0 Å². The SMILES string of the molecule is COc1ccc(C(=CC(=O)O)c2cccc(C#N)c2)cc1. The Kier molecular flexibility index (Phi) is 4.37. The topological polar surface area (TPSA) is 70.3 Å². The molecule has 0 aliphatic heterocycles. The van der Waals surface area contributed by atoms with Gasteiger partial charge < -0.3 is 9.84 Å². The molecule has 4 heteroatoms. The normalized spacial score (nSPS) is 10.8. The number of nitriles is 1. The van der Waals surface area contributed by atoms with Crippen LogP contribution in [0.2, 0.25) is 0 Å². The van der Waals surface area contributed by atoms with Crippen molar-refractivity contribution < 1.29 is 14.6 Å². The van der Waals surface area contributed by atoms with Gasteiger partial charge in [-0.05, 0) is 41.0 Å². The van der Waals surface area contributed by atoms with Gasteiger partial charge in [0, 0.05) is 6.08 Å². The number of methoxy groups -OCH3 is 1. The Balaban J connectivity index is 2.52. The van der Waals surface area contributed by atoms with Crippen LogP contribution in [0.3, 0.4) is 0 Å². The van der Waals surface area contributed by atoms with E-state index in [1.165, 1.54) is 0 Å². The molecule has 0 fully saturated rings. The van der Waals surface area contributed by atoms with Crippen molar-refractivity contribution in [3.8, 4) is 11.8 Å². The Morgan fingerprint density at radius 2 is 1.90 bits per heavy atom. The molecule has 2 aromatic carbocycles. The number of hydrogen-bond acceptors (Lipinski definition) is 3. The van der Waals surface area contributed by atoms with E-state index in [-0.39, 0.29) is 0 Å². The molecule has 0 amide bonds. The summed E-state index contributed by atoms with van der Waals surface area (Å²) in [5.74, 6) is -0.345. The third-order valence-corrected chi connectivity index (χ3v) is 2.97. The van der Waals surface area contributed by atoms with Gasteiger partial charge in [-0.2, -0.15) is 5.26 Å². The molecule has 0 spiro atoms. The number of carbonyl (C=O) groups is 1. The highest BCUT2D eigenvalue weighted by molar-refractivity contribution is 5.95. The van der Waals surface area contributed by atoms with Crippen LogP contribution in [0.1, 0.15) is 16.7 Å². The molecule has 21 heavy (non-hydrogen) atoms. The highest BCUT2D eigenvalue weighted by Crippen LogP contribution is 2.25. The fraction of sp³-hybridized carbons (Fsp3) is 0.0588. The minimum absolute atomic E-state index is 0.484. The lowest BCUT2D eigenvalue weighted by Crippen LogP contribution is -1.95. The van der Waals surface area contributed by atoms with Crippen LogP contribution in [-0.2, 0) is 4.79 Å². The van der Waals surface area contributed by atoms with Crippen LogP contribution in [0.4, 0.5) is 0 Å². The number of hydrogen-bond donors (Lipinski definition) is 1. The maximum atomic E-state index is 11.1. The van der Waals surface area contributed by atoms with E-state index in [2.05, 4.69) is 6.07 Å². The second-order valence-electron chi connectivity index (χ2n) is 4.32. The Morgan fingerprint density at radius 1 is 1.19 bits per heavy atom. The van der Waals surface area contributed by atoms with Crippen LogP contribution in [0.5, 0.6) is 5.75 Å². The number of rotatable bonds is 4. The third-order valence-electron chi connectivity index (χ3n) is 2.97. The lowest BCUT2D eigenvalue weighted by molar-refractivity contribution is -0.131. The summed E-state index contributed by atoms with van der Waals surface area (Å²) in [6.45, 7) is 0. The molecule has 0 saturated heterocycles. The number of carboxylic acids is 1. The maximum absolute atomic E-state index is 11.1. The molecule has 0 bridgehead atoms. The first-order chi connectivity index (χ1) is 10.1. The molecular weight excluding hydrogens is 266 g/mol. The molecule has 0 unspecified atom stereocenters. The van der Waals surface area contributed by atoms with Crippen molar-refractivity contribution in [1.29, 1.82) is 5.26 Å². The number of ether oxygens (including phenoxy) is 1. The quantitative estimate of drug-likeness (QED) is 0.873. The van der Waals surface area contributed by atoms with Gasteiger partial charge in [-0.1, -0.05) is 24.3 Å². The molecule has 0 aliphatic carbocycles. The van der Waals surface area contributed by atoms with Crippen molar-refractivity contribution in [3.63, 3.8) is 0 Å².